The summed E-state index contributed by atoms with van der Waals surface area (Å²) in [5.74, 6) is 0.162. The van der Waals surface area contributed by atoms with Gasteiger partial charge in [-0.05, 0) is 25.0 Å². The van der Waals surface area contributed by atoms with E-state index < -0.39 is 0 Å². The van der Waals surface area contributed by atoms with Crippen molar-refractivity contribution in [3.63, 3.8) is 0 Å². The number of phenols is 1. The largest absolute Gasteiger partial charge is 0.506 e. The van der Waals surface area contributed by atoms with Crippen molar-refractivity contribution < 1.29 is 5.11 Å². The summed E-state index contributed by atoms with van der Waals surface area (Å²) in [6, 6.07) is 5.35. The third-order valence-electron chi connectivity index (χ3n) is 1.69. The molecule has 1 aromatic carbocycles. The topological polar surface area (TPSA) is 72.3 Å². The SMILES string of the molecule is C[C@H](N)Cc1cccc(N)c1O. The molecule has 0 aliphatic carbocycles. The number of phenolic OH excluding ortho intramolecular Hbond substituents is 1. The fourth-order valence-electron chi connectivity index (χ4n) is 1.12. The minimum Gasteiger partial charge on any atom is -0.506 e. The van der Waals surface area contributed by atoms with Crippen molar-refractivity contribution in [3.8, 4) is 5.75 Å². The van der Waals surface area contributed by atoms with Gasteiger partial charge in [-0.15, -0.1) is 0 Å². The van der Waals surface area contributed by atoms with Crippen LogP contribution in [0.1, 0.15) is 12.5 Å². The van der Waals surface area contributed by atoms with E-state index in [1.165, 1.54) is 0 Å². The number of nitrogens with two attached hydrogens (primary N) is 2. The van der Waals surface area contributed by atoms with E-state index in [0.717, 1.165) is 5.56 Å². The zero-order valence-corrected chi connectivity index (χ0v) is 7.12. The number of para-hydroxylation sites is 1. The highest BCUT2D eigenvalue weighted by molar-refractivity contribution is 5.55. The fraction of sp³-hybridized carbons (Fsp3) is 0.333. The molecule has 0 heterocycles. The molecule has 66 valence electrons. The predicted molar refractivity (Wildman–Crippen MR) is 49.9 cm³/mol. The van der Waals surface area contributed by atoms with Crippen LogP contribution in [-0.4, -0.2) is 11.1 Å². The second-order valence-corrected chi connectivity index (χ2v) is 3.04. The van der Waals surface area contributed by atoms with Crippen LogP contribution in [0.4, 0.5) is 5.69 Å². The summed E-state index contributed by atoms with van der Waals surface area (Å²) >= 11 is 0. The third kappa shape index (κ3) is 1.89. The Hall–Kier alpha value is -1.22. The van der Waals surface area contributed by atoms with Crippen LogP contribution in [0.25, 0.3) is 0 Å². The molecule has 0 aliphatic rings. The second kappa shape index (κ2) is 3.45. The average molecular weight is 166 g/mol. The van der Waals surface area contributed by atoms with Gasteiger partial charge in [-0.1, -0.05) is 12.1 Å². The second-order valence-electron chi connectivity index (χ2n) is 3.04. The minimum absolute atomic E-state index is 0.0395. The number of rotatable bonds is 2. The van der Waals surface area contributed by atoms with E-state index in [9.17, 15) is 5.11 Å². The molecule has 0 radical (unpaired) electrons. The van der Waals surface area contributed by atoms with Crippen molar-refractivity contribution in [1.82, 2.24) is 0 Å². The van der Waals surface area contributed by atoms with E-state index in [-0.39, 0.29) is 11.8 Å². The van der Waals surface area contributed by atoms with Crippen molar-refractivity contribution >= 4 is 5.69 Å². The van der Waals surface area contributed by atoms with Crippen molar-refractivity contribution in [1.29, 1.82) is 0 Å². The summed E-state index contributed by atoms with van der Waals surface area (Å²) in [5, 5.41) is 9.47. The van der Waals surface area contributed by atoms with Gasteiger partial charge in [0.25, 0.3) is 0 Å². The molecule has 1 rings (SSSR count). The average Bonchev–Trinajstić information content (AvgIpc) is 1.98. The number of hydrogen-bond donors (Lipinski definition) is 3. The van der Waals surface area contributed by atoms with E-state index in [2.05, 4.69) is 0 Å². The van der Waals surface area contributed by atoms with Crippen LogP contribution in [0.2, 0.25) is 0 Å². The highest BCUT2D eigenvalue weighted by Gasteiger charge is 2.05. The number of aromatic hydroxyl groups is 1. The van der Waals surface area contributed by atoms with E-state index in [1.54, 1.807) is 6.07 Å². The van der Waals surface area contributed by atoms with E-state index in [0.29, 0.717) is 12.1 Å². The molecule has 0 aromatic heterocycles. The molecule has 0 bridgehead atoms. The van der Waals surface area contributed by atoms with Crippen LogP contribution in [-0.2, 0) is 6.42 Å². The Morgan fingerprint density at radius 1 is 1.50 bits per heavy atom. The summed E-state index contributed by atoms with van der Waals surface area (Å²) in [6.45, 7) is 1.89. The monoisotopic (exact) mass is 166 g/mol. The van der Waals surface area contributed by atoms with Gasteiger partial charge in [-0.25, -0.2) is 0 Å². The van der Waals surface area contributed by atoms with E-state index >= 15 is 0 Å². The van der Waals surface area contributed by atoms with Gasteiger partial charge in [0, 0.05) is 6.04 Å². The minimum atomic E-state index is 0.0395. The first kappa shape index (κ1) is 8.87. The first-order chi connectivity index (χ1) is 5.61. The molecule has 0 fully saturated rings. The van der Waals surface area contributed by atoms with Crippen LogP contribution in [0, 0.1) is 0 Å². The third-order valence-corrected chi connectivity index (χ3v) is 1.69. The fourth-order valence-corrected chi connectivity index (χ4v) is 1.12. The first-order valence-corrected chi connectivity index (χ1v) is 3.93. The number of hydrogen-bond acceptors (Lipinski definition) is 3. The maximum absolute atomic E-state index is 9.47. The molecule has 1 aromatic rings. The van der Waals surface area contributed by atoms with Crippen molar-refractivity contribution in [3.05, 3.63) is 23.8 Å². The number of nitrogen functional groups attached to an aromatic ring is 1. The maximum atomic E-state index is 9.47. The maximum Gasteiger partial charge on any atom is 0.141 e. The lowest BCUT2D eigenvalue weighted by Crippen LogP contribution is -2.17. The van der Waals surface area contributed by atoms with Crippen molar-refractivity contribution in [2.24, 2.45) is 5.73 Å². The van der Waals surface area contributed by atoms with Gasteiger partial charge in [-0.3, -0.25) is 0 Å². The summed E-state index contributed by atoms with van der Waals surface area (Å²) in [5.41, 5.74) is 12.3. The smallest absolute Gasteiger partial charge is 0.141 e. The standard InChI is InChI=1S/C9H14N2O/c1-6(10)5-7-3-2-4-8(11)9(7)12/h2-4,6,12H,5,10-11H2,1H3/t6-/m0/s1. The molecule has 0 saturated carbocycles. The first-order valence-electron chi connectivity index (χ1n) is 3.93. The molecule has 3 heteroatoms. The predicted octanol–water partition coefficient (Wildman–Crippen LogP) is 0.864. The highest BCUT2D eigenvalue weighted by atomic mass is 16.3. The Labute approximate surface area is 72.0 Å². The molecule has 5 N–H and O–H groups in total. The number of anilines is 1. The molecule has 1 atom stereocenters. The zero-order chi connectivity index (χ0) is 9.14. The molecule has 0 unspecified atom stereocenters. The Bertz CT molecular complexity index is 271. The lowest BCUT2D eigenvalue weighted by Gasteiger charge is -2.08. The molecule has 0 aliphatic heterocycles. The zero-order valence-electron chi connectivity index (χ0n) is 7.12. The van der Waals surface area contributed by atoms with Gasteiger partial charge >= 0.3 is 0 Å². The summed E-state index contributed by atoms with van der Waals surface area (Å²) in [7, 11) is 0. The van der Waals surface area contributed by atoms with Gasteiger partial charge in [0.1, 0.15) is 5.75 Å². The number of benzene rings is 1. The molecule has 3 nitrogen and oxygen atoms in total. The Morgan fingerprint density at radius 2 is 2.17 bits per heavy atom. The van der Waals surface area contributed by atoms with Crippen LogP contribution in [0.15, 0.2) is 18.2 Å². The summed E-state index contributed by atoms with van der Waals surface area (Å²) < 4.78 is 0. The quantitative estimate of drug-likeness (QED) is 0.451. The summed E-state index contributed by atoms with van der Waals surface area (Å²) in [6.07, 6.45) is 0.650. The van der Waals surface area contributed by atoms with E-state index in [1.807, 2.05) is 19.1 Å². The Kier molecular flexibility index (Phi) is 2.55. The van der Waals surface area contributed by atoms with Gasteiger partial charge in [0.15, 0.2) is 0 Å². The van der Waals surface area contributed by atoms with Crippen LogP contribution < -0.4 is 11.5 Å². The van der Waals surface area contributed by atoms with Gasteiger partial charge in [-0.2, -0.15) is 0 Å². The molecular weight excluding hydrogens is 152 g/mol. The van der Waals surface area contributed by atoms with Crippen molar-refractivity contribution in [2.75, 3.05) is 5.73 Å². The lowest BCUT2D eigenvalue weighted by atomic mass is 10.1. The molecule has 0 amide bonds. The summed E-state index contributed by atoms with van der Waals surface area (Å²) in [4.78, 5) is 0. The molecule has 0 saturated heterocycles. The molecular formula is C9H14N2O. The lowest BCUT2D eigenvalue weighted by molar-refractivity contribution is 0.468. The van der Waals surface area contributed by atoms with Gasteiger partial charge < -0.3 is 16.6 Å². The highest BCUT2D eigenvalue weighted by Crippen LogP contribution is 2.24. The Balaban J connectivity index is 2.92. The van der Waals surface area contributed by atoms with Crippen LogP contribution in [0.3, 0.4) is 0 Å². The van der Waals surface area contributed by atoms with Crippen LogP contribution in [0.5, 0.6) is 5.75 Å². The van der Waals surface area contributed by atoms with Gasteiger partial charge in [0.2, 0.25) is 0 Å². The Morgan fingerprint density at radius 3 is 2.75 bits per heavy atom. The van der Waals surface area contributed by atoms with Crippen LogP contribution >= 0.6 is 0 Å². The van der Waals surface area contributed by atoms with E-state index in [4.69, 9.17) is 11.5 Å². The normalized spacial score (nSPS) is 12.8. The molecule has 0 spiro atoms. The van der Waals surface area contributed by atoms with Crippen molar-refractivity contribution in [2.45, 2.75) is 19.4 Å². The molecule has 12 heavy (non-hydrogen) atoms. The van der Waals surface area contributed by atoms with Gasteiger partial charge in [0.05, 0.1) is 5.69 Å².